The number of hydrogen-bond acceptors (Lipinski definition) is 3. The van der Waals surface area contributed by atoms with E-state index in [9.17, 15) is 9.18 Å². The van der Waals surface area contributed by atoms with E-state index < -0.39 is 6.03 Å². The molecule has 0 unspecified atom stereocenters. The fourth-order valence-corrected chi connectivity index (χ4v) is 2.48. The Bertz CT molecular complexity index is 932. The van der Waals surface area contributed by atoms with Gasteiger partial charge < -0.3 is 15.4 Å². The standard InChI is InChI=1S/C22H22FN3O2/c1-22(2,3)15-4-11-19(12-5-15)28-20-13-10-18(14-24-20)26-21(27)25-17-8-6-16(23)7-9-17/h4-14H,1-3H3,(H2,25,26,27). The summed E-state index contributed by atoms with van der Waals surface area (Å²) in [5.41, 5.74) is 2.30. The van der Waals surface area contributed by atoms with Crippen LogP contribution in [0.3, 0.4) is 0 Å². The van der Waals surface area contributed by atoms with Gasteiger partial charge in [0.1, 0.15) is 11.6 Å². The summed E-state index contributed by atoms with van der Waals surface area (Å²) in [5, 5.41) is 5.27. The second-order valence-corrected chi connectivity index (χ2v) is 7.35. The highest BCUT2D eigenvalue weighted by molar-refractivity contribution is 5.99. The molecule has 0 saturated heterocycles. The number of nitrogens with zero attached hydrogens (tertiary/aromatic N) is 1. The number of nitrogens with one attached hydrogen (secondary N) is 2. The summed E-state index contributed by atoms with van der Waals surface area (Å²) in [5.74, 6) is 0.752. The molecule has 0 atom stereocenters. The van der Waals surface area contributed by atoms with Crippen molar-refractivity contribution in [3.05, 3.63) is 78.2 Å². The van der Waals surface area contributed by atoms with Crippen molar-refractivity contribution in [2.45, 2.75) is 26.2 Å². The van der Waals surface area contributed by atoms with Crippen LogP contribution >= 0.6 is 0 Å². The molecule has 2 amide bonds. The summed E-state index contributed by atoms with van der Waals surface area (Å²) in [4.78, 5) is 16.2. The number of carbonyl (C=O) groups excluding carboxylic acids is 1. The zero-order valence-electron chi connectivity index (χ0n) is 16.0. The zero-order valence-corrected chi connectivity index (χ0v) is 16.0. The van der Waals surface area contributed by atoms with E-state index in [-0.39, 0.29) is 11.2 Å². The van der Waals surface area contributed by atoms with Crippen molar-refractivity contribution in [1.82, 2.24) is 4.98 Å². The second-order valence-electron chi connectivity index (χ2n) is 7.35. The first-order valence-electron chi connectivity index (χ1n) is 8.88. The van der Waals surface area contributed by atoms with Crippen LogP contribution < -0.4 is 15.4 Å². The minimum Gasteiger partial charge on any atom is -0.439 e. The highest BCUT2D eigenvalue weighted by Gasteiger charge is 2.13. The Kier molecular flexibility index (Phi) is 5.59. The van der Waals surface area contributed by atoms with E-state index in [0.29, 0.717) is 23.0 Å². The number of ether oxygens (including phenoxy) is 1. The van der Waals surface area contributed by atoms with Crippen LogP contribution in [0.4, 0.5) is 20.6 Å². The number of urea groups is 1. The third-order valence-electron chi connectivity index (χ3n) is 4.04. The van der Waals surface area contributed by atoms with Crippen molar-refractivity contribution in [2.75, 3.05) is 10.6 Å². The number of anilines is 2. The van der Waals surface area contributed by atoms with Gasteiger partial charge >= 0.3 is 6.03 Å². The van der Waals surface area contributed by atoms with Gasteiger partial charge in [-0.05, 0) is 53.4 Å². The van der Waals surface area contributed by atoms with Gasteiger partial charge in [-0.3, -0.25) is 0 Å². The predicted octanol–water partition coefficient (Wildman–Crippen LogP) is 5.95. The third-order valence-corrected chi connectivity index (χ3v) is 4.04. The van der Waals surface area contributed by atoms with Crippen LogP contribution in [0.5, 0.6) is 11.6 Å². The van der Waals surface area contributed by atoms with E-state index in [4.69, 9.17) is 4.74 Å². The lowest BCUT2D eigenvalue weighted by atomic mass is 9.87. The summed E-state index contributed by atoms with van der Waals surface area (Å²) in [6.45, 7) is 6.47. The van der Waals surface area contributed by atoms with Crippen LogP contribution in [-0.4, -0.2) is 11.0 Å². The molecule has 6 heteroatoms. The van der Waals surface area contributed by atoms with E-state index in [1.165, 1.54) is 36.0 Å². The predicted molar refractivity (Wildman–Crippen MR) is 108 cm³/mol. The molecule has 28 heavy (non-hydrogen) atoms. The second kappa shape index (κ2) is 8.08. The van der Waals surface area contributed by atoms with E-state index >= 15 is 0 Å². The van der Waals surface area contributed by atoms with Crippen LogP contribution in [0.25, 0.3) is 0 Å². The molecule has 3 rings (SSSR count). The zero-order chi connectivity index (χ0) is 20.1. The number of carbonyl (C=O) groups is 1. The van der Waals surface area contributed by atoms with Gasteiger partial charge in [-0.1, -0.05) is 32.9 Å². The largest absolute Gasteiger partial charge is 0.439 e. The quantitative estimate of drug-likeness (QED) is 0.588. The maximum Gasteiger partial charge on any atom is 0.323 e. The molecular weight excluding hydrogens is 357 g/mol. The van der Waals surface area contributed by atoms with Gasteiger partial charge in [-0.15, -0.1) is 0 Å². The van der Waals surface area contributed by atoms with Crippen molar-refractivity contribution in [2.24, 2.45) is 0 Å². The molecule has 0 aliphatic rings. The van der Waals surface area contributed by atoms with E-state index in [0.717, 1.165) is 0 Å². The Morgan fingerprint density at radius 2 is 1.50 bits per heavy atom. The molecule has 2 aromatic carbocycles. The van der Waals surface area contributed by atoms with Crippen LogP contribution in [0, 0.1) is 5.82 Å². The van der Waals surface area contributed by atoms with E-state index in [1.54, 1.807) is 12.1 Å². The Balaban J connectivity index is 1.57. The van der Waals surface area contributed by atoms with Gasteiger partial charge in [0.25, 0.3) is 0 Å². The topological polar surface area (TPSA) is 63.2 Å². The molecule has 2 N–H and O–H groups in total. The minimum absolute atomic E-state index is 0.0819. The molecule has 1 aromatic heterocycles. The van der Waals surface area contributed by atoms with Gasteiger partial charge in [0.2, 0.25) is 5.88 Å². The average Bonchev–Trinajstić information content (AvgIpc) is 2.65. The van der Waals surface area contributed by atoms with Crippen molar-refractivity contribution < 1.29 is 13.9 Å². The Labute approximate surface area is 163 Å². The first-order chi connectivity index (χ1) is 13.3. The maximum absolute atomic E-state index is 12.9. The molecule has 144 valence electrons. The highest BCUT2D eigenvalue weighted by atomic mass is 19.1. The van der Waals surface area contributed by atoms with Crippen molar-refractivity contribution in [3.8, 4) is 11.6 Å². The summed E-state index contributed by atoms with van der Waals surface area (Å²) < 4.78 is 18.6. The summed E-state index contributed by atoms with van der Waals surface area (Å²) in [6.07, 6.45) is 1.50. The third kappa shape index (κ3) is 5.30. The molecule has 3 aromatic rings. The van der Waals surface area contributed by atoms with Crippen LogP contribution in [0.2, 0.25) is 0 Å². The van der Waals surface area contributed by atoms with Gasteiger partial charge in [-0.25, -0.2) is 14.2 Å². The monoisotopic (exact) mass is 379 g/mol. The molecular formula is C22H22FN3O2. The molecule has 5 nitrogen and oxygen atoms in total. The fraction of sp³-hybridized carbons (Fsp3) is 0.182. The SMILES string of the molecule is CC(C)(C)c1ccc(Oc2ccc(NC(=O)Nc3ccc(F)cc3)cn2)cc1. The smallest absolute Gasteiger partial charge is 0.323 e. The lowest BCUT2D eigenvalue weighted by molar-refractivity contribution is 0.262. The summed E-state index contributed by atoms with van der Waals surface area (Å²) in [7, 11) is 0. The van der Waals surface area contributed by atoms with Crippen LogP contribution in [0.15, 0.2) is 66.9 Å². The number of rotatable bonds is 4. The van der Waals surface area contributed by atoms with Gasteiger partial charge in [0.15, 0.2) is 0 Å². The first kappa shape index (κ1) is 19.4. The summed E-state index contributed by atoms with van der Waals surface area (Å²) >= 11 is 0. The van der Waals surface area contributed by atoms with Gasteiger partial charge in [0, 0.05) is 11.8 Å². The molecule has 0 aliphatic heterocycles. The number of pyridine rings is 1. The number of hydrogen-bond donors (Lipinski definition) is 2. The Hall–Kier alpha value is -3.41. The fourth-order valence-electron chi connectivity index (χ4n) is 2.48. The first-order valence-corrected chi connectivity index (χ1v) is 8.88. The highest BCUT2D eigenvalue weighted by Crippen LogP contribution is 2.26. The Morgan fingerprint density at radius 3 is 2.07 bits per heavy atom. The molecule has 0 saturated carbocycles. The number of benzene rings is 2. The van der Waals surface area contributed by atoms with E-state index in [1.807, 2.05) is 24.3 Å². The lowest BCUT2D eigenvalue weighted by Crippen LogP contribution is -2.19. The molecule has 0 fully saturated rings. The van der Waals surface area contributed by atoms with Crippen LogP contribution in [0.1, 0.15) is 26.3 Å². The van der Waals surface area contributed by atoms with Crippen molar-refractivity contribution in [1.29, 1.82) is 0 Å². The lowest BCUT2D eigenvalue weighted by Gasteiger charge is -2.19. The number of halogens is 1. The Morgan fingerprint density at radius 1 is 0.893 bits per heavy atom. The van der Waals surface area contributed by atoms with Crippen LogP contribution in [-0.2, 0) is 5.41 Å². The molecule has 0 bridgehead atoms. The normalized spacial score (nSPS) is 11.0. The van der Waals surface area contributed by atoms with Gasteiger partial charge in [0.05, 0.1) is 11.9 Å². The minimum atomic E-state index is -0.445. The maximum atomic E-state index is 12.9. The number of amides is 2. The molecule has 0 aliphatic carbocycles. The molecule has 0 spiro atoms. The number of aromatic nitrogens is 1. The summed E-state index contributed by atoms with van der Waals surface area (Å²) in [6, 6.07) is 16.3. The average molecular weight is 379 g/mol. The van der Waals surface area contributed by atoms with Crippen molar-refractivity contribution >= 4 is 17.4 Å². The van der Waals surface area contributed by atoms with Crippen molar-refractivity contribution in [3.63, 3.8) is 0 Å². The van der Waals surface area contributed by atoms with E-state index in [2.05, 4.69) is 36.4 Å². The molecule has 1 heterocycles. The van der Waals surface area contributed by atoms with Gasteiger partial charge in [-0.2, -0.15) is 0 Å². The molecule has 0 radical (unpaired) electrons.